The van der Waals surface area contributed by atoms with Gasteiger partial charge in [0.15, 0.2) is 0 Å². The number of pyridine rings is 1. The Morgan fingerprint density at radius 2 is 1.83 bits per heavy atom. The fourth-order valence-corrected chi connectivity index (χ4v) is 5.96. The number of hydrogen-bond acceptors (Lipinski definition) is 7. The minimum atomic E-state index is -0.932. The average Bonchev–Trinajstić information content (AvgIpc) is 3.01. The van der Waals surface area contributed by atoms with Crippen LogP contribution in [0.15, 0.2) is 72.1 Å². The number of benzene rings is 2. The molecule has 3 N–H and O–H groups in total. The minimum Gasteiger partial charge on any atom is -0.497 e. The maximum absolute atomic E-state index is 13.4. The van der Waals surface area contributed by atoms with Gasteiger partial charge in [-0.1, -0.05) is 48.0 Å². The highest BCUT2D eigenvalue weighted by Gasteiger charge is 2.51. The number of nitrogens with zero attached hydrogens (tertiary/aromatic N) is 4. The summed E-state index contributed by atoms with van der Waals surface area (Å²) in [7, 11) is 3.32. The molecule has 2 fully saturated rings. The maximum Gasteiger partial charge on any atom is 0.246 e. The molecule has 10 heteroatoms. The number of nitrogens with one attached hydrogen (secondary N) is 1. The van der Waals surface area contributed by atoms with E-state index in [4.69, 9.17) is 22.1 Å². The van der Waals surface area contributed by atoms with Gasteiger partial charge in [-0.15, -0.1) is 0 Å². The van der Waals surface area contributed by atoms with Crippen LogP contribution in [-0.2, 0) is 16.1 Å². The lowest BCUT2D eigenvalue weighted by Gasteiger charge is -2.50. The van der Waals surface area contributed by atoms with Crippen molar-refractivity contribution in [3.8, 4) is 16.9 Å². The molecule has 0 bridgehead atoms. The Morgan fingerprint density at radius 3 is 2.46 bits per heavy atom. The van der Waals surface area contributed by atoms with E-state index in [1.165, 1.54) is 6.20 Å². The monoisotopic (exact) mass is 572 g/mol. The van der Waals surface area contributed by atoms with E-state index in [-0.39, 0.29) is 18.4 Å². The summed E-state index contributed by atoms with van der Waals surface area (Å²) in [5.41, 5.74) is 10.3. The molecular weight excluding hydrogens is 540 g/mol. The molecule has 2 aromatic carbocycles. The van der Waals surface area contributed by atoms with E-state index >= 15 is 0 Å². The lowest BCUT2D eigenvalue weighted by molar-refractivity contribution is -0.156. The number of piperazine rings is 1. The molecular formula is C31H33ClN6O3. The molecule has 2 saturated heterocycles. The van der Waals surface area contributed by atoms with Crippen LogP contribution < -0.4 is 20.7 Å². The van der Waals surface area contributed by atoms with Crippen molar-refractivity contribution in [2.75, 3.05) is 38.7 Å². The van der Waals surface area contributed by atoms with Crippen LogP contribution in [0.1, 0.15) is 24.0 Å². The third kappa shape index (κ3) is 5.50. The van der Waals surface area contributed by atoms with Gasteiger partial charge >= 0.3 is 0 Å². The first-order chi connectivity index (χ1) is 19.9. The predicted octanol–water partition coefficient (Wildman–Crippen LogP) is 3.91. The summed E-state index contributed by atoms with van der Waals surface area (Å²) < 4.78 is 5.27. The number of amides is 2. The van der Waals surface area contributed by atoms with E-state index in [0.717, 1.165) is 39.3 Å². The molecule has 2 aliphatic heterocycles. The highest BCUT2D eigenvalue weighted by molar-refractivity contribution is 6.33. The molecule has 2 amide bonds. The number of piperidine rings is 1. The van der Waals surface area contributed by atoms with Gasteiger partial charge in [0.25, 0.3) is 0 Å². The molecule has 212 valence electrons. The summed E-state index contributed by atoms with van der Waals surface area (Å²) >= 11 is 6.75. The molecule has 0 saturated carbocycles. The number of ether oxygens (including phenoxy) is 1. The number of methoxy groups -OCH3 is 1. The zero-order valence-corrected chi connectivity index (χ0v) is 23.9. The van der Waals surface area contributed by atoms with Gasteiger partial charge in [-0.25, -0.2) is 0 Å². The molecule has 5 rings (SSSR count). The summed E-state index contributed by atoms with van der Waals surface area (Å²) in [6.45, 7) is 1.44. The van der Waals surface area contributed by atoms with Crippen molar-refractivity contribution in [1.29, 1.82) is 0 Å². The van der Waals surface area contributed by atoms with Crippen molar-refractivity contribution in [2.24, 2.45) is 10.7 Å². The Bertz CT molecular complexity index is 1480. The Balaban J connectivity index is 1.40. The molecule has 2 aliphatic rings. The molecule has 3 heterocycles. The van der Waals surface area contributed by atoms with Crippen LogP contribution in [0.5, 0.6) is 5.75 Å². The van der Waals surface area contributed by atoms with E-state index in [1.807, 2.05) is 48.5 Å². The highest BCUT2D eigenvalue weighted by Crippen LogP contribution is 2.41. The number of allylic oxidation sites excluding steroid dienone is 1. The van der Waals surface area contributed by atoms with Crippen molar-refractivity contribution in [1.82, 2.24) is 15.2 Å². The number of aliphatic imine (C=N–C) groups is 1. The van der Waals surface area contributed by atoms with Crippen molar-refractivity contribution in [3.63, 3.8) is 0 Å². The first kappa shape index (κ1) is 28.2. The molecule has 1 spiro atoms. The van der Waals surface area contributed by atoms with Crippen LogP contribution in [0.3, 0.4) is 0 Å². The lowest BCUT2D eigenvalue weighted by Crippen LogP contribution is -2.69. The Kier molecular flexibility index (Phi) is 8.26. The Morgan fingerprint density at radius 1 is 1.12 bits per heavy atom. The molecule has 0 radical (unpaired) electrons. The third-order valence-corrected chi connectivity index (χ3v) is 8.17. The van der Waals surface area contributed by atoms with Gasteiger partial charge in [0.05, 0.1) is 24.4 Å². The zero-order valence-electron chi connectivity index (χ0n) is 23.1. The van der Waals surface area contributed by atoms with Gasteiger partial charge in [0, 0.05) is 62.6 Å². The smallest absolute Gasteiger partial charge is 0.246 e. The minimum absolute atomic E-state index is 0.00193. The second-order valence-electron chi connectivity index (χ2n) is 10.1. The Labute approximate surface area is 244 Å². The van der Waals surface area contributed by atoms with Gasteiger partial charge in [0.1, 0.15) is 11.3 Å². The van der Waals surface area contributed by atoms with Crippen molar-refractivity contribution >= 4 is 40.9 Å². The number of carbonyl (C=O) groups excluding carboxylic acids is 2. The number of hydrogen-bond donors (Lipinski definition) is 2. The fourth-order valence-electron chi connectivity index (χ4n) is 5.68. The predicted molar refractivity (Wildman–Crippen MR) is 162 cm³/mol. The first-order valence-electron chi connectivity index (χ1n) is 13.4. The van der Waals surface area contributed by atoms with E-state index < -0.39 is 5.54 Å². The van der Waals surface area contributed by atoms with Gasteiger partial charge in [-0.05, 0) is 41.7 Å². The summed E-state index contributed by atoms with van der Waals surface area (Å²) in [6, 6.07) is 15.6. The lowest BCUT2D eigenvalue weighted by atomic mass is 9.82. The number of anilines is 1. The van der Waals surface area contributed by atoms with E-state index in [0.29, 0.717) is 37.5 Å². The van der Waals surface area contributed by atoms with Crippen LogP contribution in [0.25, 0.3) is 16.7 Å². The Hall–Kier alpha value is -4.37. The summed E-state index contributed by atoms with van der Waals surface area (Å²) in [5, 5.41) is 3.36. The van der Waals surface area contributed by atoms with Crippen molar-refractivity contribution < 1.29 is 14.3 Å². The van der Waals surface area contributed by atoms with E-state index in [2.05, 4.69) is 20.2 Å². The molecule has 3 aromatic rings. The van der Waals surface area contributed by atoms with Crippen LogP contribution in [0.2, 0.25) is 5.02 Å². The van der Waals surface area contributed by atoms with Crippen molar-refractivity contribution in [3.05, 3.63) is 83.3 Å². The summed E-state index contributed by atoms with van der Waals surface area (Å²) in [4.78, 5) is 38.9. The third-order valence-electron chi connectivity index (χ3n) is 7.90. The number of carbonyl (C=O) groups is 2. The first-order valence-corrected chi connectivity index (χ1v) is 13.8. The van der Waals surface area contributed by atoms with Crippen LogP contribution in [-0.4, -0.2) is 67.2 Å². The van der Waals surface area contributed by atoms with E-state index in [1.54, 1.807) is 37.7 Å². The second-order valence-corrected chi connectivity index (χ2v) is 10.5. The van der Waals surface area contributed by atoms with Crippen LogP contribution in [0, 0.1) is 0 Å². The molecule has 41 heavy (non-hydrogen) atoms. The SMILES string of the molecule is CN=CC(=CN)c1ccc(-c2cncc(Cl)c2N2CCC3(CC2)C(=O)NCC(=O)N3Cc2ccc(OC)cc2)cc1. The van der Waals surface area contributed by atoms with Crippen molar-refractivity contribution in [2.45, 2.75) is 24.9 Å². The number of halogens is 1. The summed E-state index contributed by atoms with van der Waals surface area (Å²) in [5.74, 6) is 0.544. The van der Waals surface area contributed by atoms with Gasteiger partial charge in [0.2, 0.25) is 11.8 Å². The number of aromatic nitrogens is 1. The largest absolute Gasteiger partial charge is 0.497 e. The molecule has 9 nitrogen and oxygen atoms in total. The number of nitrogens with two attached hydrogens (primary N) is 1. The van der Waals surface area contributed by atoms with Gasteiger partial charge < -0.3 is 25.6 Å². The zero-order chi connectivity index (χ0) is 29.0. The van der Waals surface area contributed by atoms with E-state index in [9.17, 15) is 9.59 Å². The average molecular weight is 573 g/mol. The molecule has 0 aliphatic carbocycles. The maximum atomic E-state index is 13.4. The highest BCUT2D eigenvalue weighted by atomic mass is 35.5. The molecule has 1 aromatic heterocycles. The summed E-state index contributed by atoms with van der Waals surface area (Å²) in [6.07, 6.45) is 7.63. The molecule has 0 unspecified atom stereocenters. The normalized spacial score (nSPS) is 17.3. The van der Waals surface area contributed by atoms with Crippen LogP contribution in [0.4, 0.5) is 5.69 Å². The topological polar surface area (TPSA) is 113 Å². The fraction of sp³-hybridized carbons (Fsp3) is 0.290. The second kappa shape index (κ2) is 12.0. The quantitative estimate of drug-likeness (QED) is 0.415. The number of rotatable bonds is 7. The van der Waals surface area contributed by atoms with Gasteiger partial charge in [-0.2, -0.15) is 0 Å². The van der Waals surface area contributed by atoms with Crippen LogP contribution >= 0.6 is 11.6 Å². The molecule has 0 atom stereocenters. The standard InChI is InChI=1S/C31H33ClN6O3/c1-34-16-24(15-33)22-5-7-23(8-6-22)26-17-35-18-27(32)29(26)37-13-11-31(12-14-37)30(40)36-19-28(39)38(31)20-21-3-9-25(41-2)10-4-21/h3-10,15-18H,11-14,19-20,33H2,1-2H3,(H,36,40). The van der Waals surface area contributed by atoms with Gasteiger partial charge in [-0.3, -0.25) is 19.6 Å².